The summed E-state index contributed by atoms with van der Waals surface area (Å²) in [6.07, 6.45) is 1.17. The molecule has 134 valence electrons. The molecule has 0 aliphatic rings. The van der Waals surface area contributed by atoms with Crippen LogP contribution in [0.15, 0.2) is 48.5 Å². The highest BCUT2D eigenvalue weighted by Crippen LogP contribution is 2.32. The molecule has 3 rings (SSSR count). The fourth-order valence-electron chi connectivity index (χ4n) is 2.83. The van der Waals surface area contributed by atoms with Crippen LogP contribution in [0.1, 0.15) is 22.4 Å². The second-order valence-electron chi connectivity index (χ2n) is 6.14. The standard InChI is InChI=1S/C21H22N2O2S/c1-14-13-17(10-11-18(14)25-3)20-15(2)26-21(23-20)22-19(24)12-9-16-7-5-4-6-8-16/h4-8,10-11,13H,9,12H2,1-3H3,(H,22,23,24). The quantitative estimate of drug-likeness (QED) is 0.667. The van der Waals surface area contributed by atoms with Crippen molar-refractivity contribution < 1.29 is 9.53 Å². The van der Waals surface area contributed by atoms with Crippen molar-refractivity contribution in [3.8, 4) is 17.0 Å². The van der Waals surface area contributed by atoms with Crippen LogP contribution in [0.3, 0.4) is 0 Å². The molecular formula is C21H22N2O2S. The number of thiazole rings is 1. The molecule has 0 saturated heterocycles. The first-order valence-electron chi connectivity index (χ1n) is 8.53. The molecule has 0 saturated carbocycles. The average Bonchev–Trinajstić information content (AvgIpc) is 3.01. The number of carbonyl (C=O) groups is 1. The van der Waals surface area contributed by atoms with Crippen LogP contribution in [-0.4, -0.2) is 18.0 Å². The Morgan fingerprint density at radius 2 is 1.92 bits per heavy atom. The molecule has 0 fully saturated rings. The summed E-state index contributed by atoms with van der Waals surface area (Å²) in [5.74, 6) is 0.844. The first kappa shape index (κ1) is 18.1. The molecule has 0 aliphatic carbocycles. The summed E-state index contributed by atoms with van der Waals surface area (Å²) in [5, 5.41) is 3.57. The van der Waals surface area contributed by atoms with Crippen molar-refractivity contribution in [2.75, 3.05) is 12.4 Å². The minimum absolute atomic E-state index is 0.0138. The normalized spacial score (nSPS) is 10.6. The number of aryl methyl sites for hydroxylation is 3. The maximum absolute atomic E-state index is 12.2. The first-order valence-corrected chi connectivity index (χ1v) is 9.34. The van der Waals surface area contributed by atoms with Gasteiger partial charge in [-0.05, 0) is 49.6 Å². The van der Waals surface area contributed by atoms with Crippen molar-refractivity contribution in [3.63, 3.8) is 0 Å². The summed E-state index contributed by atoms with van der Waals surface area (Å²) in [5.41, 5.74) is 4.15. The number of aromatic nitrogens is 1. The summed E-state index contributed by atoms with van der Waals surface area (Å²) in [6.45, 7) is 4.03. The van der Waals surface area contributed by atoms with E-state index in [0.717, 1.165) is 39.4 Å². The van der Waals surface area contributed by atoms with E-state index in [2.05, 4.69) is 16.4 Å². The van der Waals surface area contributed by atoms with Gasteiger partial charge >= 0.3 is 0 Å². The molecule has 1 aromatic heterocycles. The summed E-state index contributed by atoms with van der Waals surface area (Å²) in [6, 6.07) is 16.0. The summed E-state index contributed by atoms with van der Waals surface area (Å²) in [7, 11) is 1.67. The van der Waals surface area contributed by atoms with Crippen LogP contribution >= 0.6 is 11.3 Å². The van der Waals surface area contributed by atoms with Gasteiger partial charge in [-0.3, -0.25) is 4.79 Å². The third-order valence-corrected chi connectivity index (χ3v) is 5.08. The molecule has 5 heteroatoms. The van der Waals surface area contributed by atoms with Crippen molar-refractivity contribution in [1.82, 2.24) is 4.98 Å². The van der Waals surface area contributed by atoms with E-state index in [1.807, 2.05) is 56.3 Å². The Bertz CT molecular complexity index is 904. The summed E-state index contributed by atoms with van der Waals surface area (Å²) < 4.78 is 5.31. The Balaban J connectivity index is 1.68. The predicted octanol–water partition coefficient (Wildman–Crippen LogP) is 5.01. The number of hydrogen-bond acceptors (Lipinski definition) is 4. The molecule has 0 aliphatic heterocycles. The minimum Gasteiger partial charge on any atom is -0.496 e. The van der Waals surface area contributed by atoms with E-state index < -0.39 is 0 Å². The Morgan fingerprint density at radius 3 is 2.62 bits per heavy atom. The van der Waals surface area contributed by atoms with E-state index in [-0.39, 0.29) is 5.91 Å². The minimum atomic E-state index is -0.0138. The highest BCUT2D eigenvalue weighted by atomic mass is 32.1. The first-order chi connectivity index (χ1) is 12.6. The molecule has 1 N–H and O–H groups in total. The molecule has 0 bridgehead atoms. The van der Waals surface area contributed by atoms with E-state index in [1.54, 1.807) is 7.11 Å². The van der Waals surface area contributed by atoms with E-state index in [9.17, 15) is 4.79 Å². The number of anilines is 1. The van der Waals surface area contributed by atoms with Gasteiger partial charge in [-0.1, -0.05) is 30.3 Å². The van der Waals surface area contributed by atoms with Crippen molar-refractivity contribution in [2.24, 2.45) is 0 Å². The number of benzene rings is 2. The van der Waals surface area contributed by atoms with Crippen molar-refractivity contribution in [2.45, 2.75) is 26.7 Å². The van der Waals surface area contributed by atoms with Crippen LogP contribution in [0.4, 0.5) is 5.13 Å². The second kappa shape index (κ2) is 8.15. The molecular weight excluding hydrogens is 344 g/mol. The number of nitrogens with zero attached hydrogens (tertiary/aromatic N) is 1. The van der Waals surface area contributed by atoms with E-state index in [0.29, 0.717) is 11.6 Å². The maximum Gasteiger partial charge on any atom is 0.226 e. The predicted molar refractivity (Wildman–Crippen MR) is 107 cm³/mol. The highest BCUT2D eigenvalue weighted by molar-refractivity contribution is 7.16. The van der Waals surface area contributed by atoms with Gasteiger partial charge in [-0.25, -0.2) is 4.98 Å². The zero-order chi connectivity index (χ0) is 18.5. The number of nitrogens with one attached hydrogen (secondary N) is 1. The molecule has 26 heavy (non-hydrogen) atoms. The molecule has 2 aromatic carbocycles. The van der Waals surface area contributed by atoms with Crippen LogP contribution < -0.4 is 10.1 Å². The number of carbonyl (C=O) groups excluding carboxylic acids is 1. The lowest BCUT2D eigenvalue weighted by Gasteiger charge is -2.06. The third kappa shape index (κ3) is 4.29. The molecule has 1 heterocycles. The molecule has 0 unspecified atom stereocenters. The molecule has 4 nitrogen and oxygen atoms in total. The molecule has 1 amide bonds. The van der Waals surface area contributed by atoms with E-state index >= 15 is 0 Å². The fraction of sp³-hybridized carbons (Fsp3) is 0.238. The molecule has 0 spiro atoms. The van der Waals surface area contributed by atoms with Crippen LogP contribution in [0, 0.1) is 13.8 Å². The van der Waals surface area contributed by atoms with Crippen LogP contribution in [0.25, 0.3) is 11.3 Å². The Kier molecular flexibility index (Phi) is 5.68. The highest BCUT2D eigenvalue weighted by Gasteiger charge is 2.13. The van der Waals surface area contributed by atoms with Gasteiger partial charge in [-0.2, -0.15) is 0 Å². The van der Waals surface area contributed by atoms with Crippen LogP contribution in [-0.2, 0) is 11.2 Å². The van der Waals surface area contributed by atoms with Crippen molar-refractivity contribution >= 4 is 22.4 Å². The van der Waals surface area contributed by atoms with Crippen molar-refractivity contribution in [1.29, 1.82) is 0 Å². The number of hydrogen-bond donors (Lipinski definition) is 1. The van der Waals surface area contributed by atoms with Crippen LogP contribution in [0.2, 0.25) is 0 Å². The lowest BCUT2D eigenvalue weighted by Crippen LogP contribution is -2.12. The number of amides is 1. The van der Waals surface area contributed by atoms with Gasteiger partial charge in [0.15, 0.2) is 5.13 Å². The average molecular weight is 366 g/mol. The molecule has 3 aromatic rings. The van der Waals surface area contributed by atoms with Gasteiger partial charge < -0.3 is 10.1 Å². The van der Waals surface area contributed by atoms with Gasteiger partial charge in [-0.15, -0.1) is 11.3 Å². The largest absolute Gasteiger partial charge is 0.496 e. The van der Waals surface area contributed by atoms with E-state index in [1.165, 1.54) is 11.3 Å². The fourth-order valence-corrected chi connectivity index (χ4v) is 3.68. The third-order valence-electron chi connectivity index (χ3n) is 4.19. The lowest BCUT2D eigenvalue weighted by atomic mass is 10.1. The van der Waals surface area contributed by atoms with Gasteiger partial charge in [0.25, 0.3) is 0 Å². The number of ether oxygens (including phenoxy) is 1. The van der Waals surface area contributed by atoms with Gasteiger partial charge in [0.05, 0.1) is 12.8 Å². The molecule has 0 radical (unpaired) electrons. The zero-order valence-corrected chi connectivity index (χ0v) is 16.0. The van der Waals surface area contributed by atoms with Gasteiger partial charge in [0.2, 0.25) is 5.91 Å². The monoisotopic (exact) mass is 366 g/mol. The van der Waals surface area contributed by atoms with E-state index in [4.69, 9.17) is 4.74 Å². The smallest absolute Gasteiger partial charge is 0.226 e. The van der Waals surface area contributed by atoms with Crippen molar-refractivity contribution in [3.05, 3.63) is 64.5 Å². The summed E-state index contributed by atoms with van der Waals surface area (Å²) in [4.78, 5) is 17.9. The van der Waals surface area contributed by atoms with Crippen LogP contribution in [0.5, 0.6) is 5.75 Å². The zero-order valence-electron chi connectivity index (χ0n) is 15.2. The Labute approximate surface area is 157 Å². The second-order valence-corrected chi connectivity index (χ2v) is 7.35. The molecule has 0 atom stereocenters. The maximum atomic E-state index is 12.2. The number of rotatable bonds is 6. The Hall–Kier alpha value is -2.66. The summed E-state index contributed by atoms with van der Waals surface area (Å²) >= 11 is 1.50. The van der Waals surface area contributed by atoms with Gasteiger partial charge in [0.1, 0.15) is 5.75 Å². The topological polar surface area (TPSA) is 51.2 Å². The Morgan fingerprint density at radius 1 is 1.15 bits per heavy atom. The number of methoxy groups -OCH3 is 1. The lowest BCUT2D eigenvalue weighted by molar-refractivity contribution is -0.116. The van der Waals surface area contributed by atoms with Gasteiger partial charge in [0, 0.05) is 16.9 Å². The SMILES string of the molecule is COc1ccc(-c2nc(NC(=O)CCc3ccccc3)sc2C)cc1C.